The summed E-state index contributed by atoms with van der Waals surface area (Å²) < 4.78 is 26.6. The zero-order valence-corrected chi connectivity index (χ0v) is 13.5. The third-order valence-electron chi connectivity index (χ3n) is 3.49. The molecular formula is C16H18N2O4S. The van der Waals surface area contributed by atoms with Gasteiger partial charge >= 0.3 is 5.97 Å². The Bertz CT molecular complexity index is 758. The number of hydrogen-bond donors (Lipinski definition) is 1. The van der Waals surface area contributed by atoms with Crippen LogP contribution in [0.4, 0.5) is 0 Å². The number of carboxylic acids is 1. The maximum atomic E-state index is 12.6. The van der Waals surface area contributed by atoms with E-state index < -0.39 is 16.0 Å². The number of carboxylic acid groups (broad SMARTS) is 1. The minimum Gasteiger partial charge on any atom is -0.478 e. The minimum absolute atomic E-state index is 0.0591. The fourth-order valence-electron chi connectivity index (χ4n) is 2.17. The number of sulfonamides is 1. The molecule has 0 aliphatic rings. The van der Waals surface area contributed by atoms with Gasteiger partial charge in [0.05, 0.1) is 10.5 Å². The minimum atomic E-state index is -3.64. The molecular weight excluding hydrogens is 316 g/mol. The summed E-state index contributed by atoms with van der Waals surface area (Å²) in [5.41, 5.74) is 1.07. The average molecular weight is 334 g/mol. The van der Waals surface area contributed by atoms with Crippen LogP contribution < -0.4 is 0 Å². The molecule has 122 valence electrons. The largest absolute Gasteiger partial charge is 0.478 e. The van der Waals surface area contributed by atoms with Crippen LogP contribution in [0.1, 0.15) is 22.8 Å². The van der Waals surface area contributed by atoms with Crippen molar-refractivity contribution in [2.45, 2.75) is 18.2 Å². The van der Waals surface area contributed by atoms with E-state index in [0.29, 0.717) is 19.5 Å². The number of nitrogens with zero attached hydrogens (tertiary/aromatic N) is 2. The van der Waals surface area contributed by atoms with Crippen molar-refractivity contribution in [2.24, 2.45) is 0 Å². The lowest BCUT2D eigenvalue weighted by Crippen LogP contribution is -2.32. The van der Waals surface area contributed by atoms with Gasteiger partial charge in [-0.25, -0.2) is 13.2 Å². The van der Waals surface area contributed by atoms with E-state index in [1.165, 1.54) is 28.6 Å². The molecule has 2 aromatic rings. The topological polar surface area (TPSA) is 87.6 Å². The van der Waals surface area contributed by atoms with E-state index in [2.05, 4.69) is 4.98 Å². The number of rotatable bonds is 7. The number of aromatic nitrogens is 1. The Morgan fingerprint density at radius 1 is 1.13 bits per heavy atom. The fourth-order valence-corrected chi connectivity index (χ4v) is 3.62. The highest BCUT2D eigenvalue weighted by Gasteiger charge is 2.23. The van der Waals surface area contributed by atoms with Crippen LogP contribution in [0.2, 0.25) is 0 Å². The van der Waals surface area contributed by atoms with Gasteiger partial charge in [0.25, 0.3) is 0 Å². The normalized spacial score (nSPS) is 11.6. The average Bonchev–Trinajstić information content (AvgIpc) is 2.56. The smallest absolute Gasteiger partial charge is 0.335 e. The molecule has 2 rings (SSSR count). The number of pyridine rings is 1. The quantitative estimate of drug-likeness (QED) is 0.837. The Kier molecular flexibility index (Phi) is 5.46. The third-order valence-corrected chi connectivity index (χ3v) is 5.48. The first kappa shape index (κ1) is 17.1. The zero-order valence-electron chi connectivity index (χ0n) is 12.7. The number of benzene rings is 1. The first-order valence-electron chi connectivity index (χ1n) is 7.17. The van der Waals surface area contributed by atoms with Gasteiger partial charge in [-0.3, -0.25) is 4.98 Å². The summed E-state index contributed by atoms with van der Waals surface area (Å²) in [5, 5.41) is 8.88. The summed E-state index contributed by atoms with van der Waals surface area (Å²) in [7, 11) is -3.64. The Hall–Kier alpha value is -2.25. The van der Waals surface area contributed by atoms with Crippen molar-refractivity contribution in [1.82, 2.24) is 9.29 Å². The zero-order chi connectivity index (χ0) is 16.9. The van der Waals surface area contributed by atoms with Crippen molar-refractivity contribution >= 4 is 16.0 Å². The van der Waals surface area contributed by atoms with E-state index in [9.17, 15) is 13.2 Å². The number of aromatic carboxylic acids is 1. The molecule has 1 aromatic heterocycles. The van der Waals surface area contributed by atoms with Crippen molar-refractivity contribution in [3.63, 3.8) is 0 Å². The lowest BCUT2D eigenvalue weighted by molar-refractivity contribution is 0.0696. The Morgan fingerprint density at radius 2 is 1.74 bits per heavy atom. The molecule has 6 nitrogen and oxygen atoms in total. The molecule has 1 aromatic carbocycles. The SMILES string of the molecule is CCN(CCc1ccncc1)S(=O)(=O)c1ccc(C(=O)O)cc1. The van der Waals surface area contributed by atoms with Crippen LogP contribution in [0.5, 0.6) is 0 Å². The molecule has 0 bridgehead atoms. The van der Waals surface area contributed by atoms with Crippen LogP contribution in [-0.2, 0) is 16.4 Å². The van der Waals surface area contributed by atoms with Crippen LogP contribution >= 0.6 is 0 Å². The predicted molar refractivity (Wildman–Crippen MR) is 85.8 cm³/mol. The number of likely N-dealkylation sites (N-methyl/N-ethyl adjacent to an activating group) is 1. The molecule has 0 spiro atoms. The highest BCUT2D eigenvalue weighted by Crippen LogP contribution is 2.17. The molecule has 1 heterocycles. The van der Waals surface area contributed by atoms with Crippen molar-refractivity contribution in [3.05, 3.63) is 59.9 Å². The maximum Gasteiger partial charge on any atom is 0.335 e. The van der Waals surface area contributed by atoms with E-state index in [1.54, 1.807) is 19.3 Å². The molecule has 0 saturated carbocycles. The highest BCUT2D eigenvalue weighted by atomic mass is 32.2. The molecule has 0 aliphatic carbocycles. The fraction of sp³-hybridized carbons (Fsp3) is 0.250. The predicted octanol–water partition coefficient (Wildman–Crippen LogP) is 2.03. The molecule has 0 atom stereocenters. The second-order valence-electron chi connectivity index (χ2n) is 4.93. The van der Waals surface area contributed by atoms with Crippen LogP contribution in [0.3, 0.4) is 0 Å². The molecule has 0 aliphatic heterocycles. The molecule has 1 N–H and O–H groups in total. The first-order chi connectivity index (χ1) is 10.9. The van der Waals surface area contributed by atoms with Crippen molar-refractivity contribution in [2.75, 3.05) is 13.1 Å². The standard InChI is InChI=1S/C16H18N2O4S/c1-2-18(12-9-13-7-10-17-11-8-13)23(21,22)15-5-3-14(4-6-15)16(19)20/h3-8,10-11H,2,9,12H2,1H3,(H,19,20). The summed E-state index contributed by atoms with van der Waals surface area (Å²) in [6.07, 6.45) is 3.93. The third kappa shape index (κ3) is 4.14. The molecule has 0 amide bonds. The van der Waals surface area contributed by atoms with Gasteiger partial charge in [-0.2, -0.15) is 4.31 Å². The van der Waals surface area contributed by atoms with Crippen molar-refractivity contribution < 1.29 is 18.3 Å². The second-order valence-corrected chi connectivity index (χ2v) is 6.87. The van der Waals surface area contributed by atoms with E-state index in [0.717, 1.165) is 5.56 Å². The van der Waals surface area contributed by atoms with E-state index in [-0.39, 0.29) is 10.5 Å². The monoisotopic (exact) mass is 334 g/mol. The maximum absolute atomic E-state index is 12.6. The number of hydrogen-bond acceptors (Lipinski definition) is 4. The molecule has 23 heavy (non-hydrogen) atoms. The molecule has 0 saturated heterocycles. The second kappa shape index (κ2) is 7.34. The molecule has 0 unspecified atom stereocenters. The van der Waals surface area contributed by atoms with Crippen molar-refractivity contribution in [1.29, 1.82) is 0 Å². The van der Waals surface area contributed by atoms with Gasteiger partial charge in [0.15, 0.2) is 0 Å². The molecule has 7 heteroatoms. The lowest BCUT2D eigenvalue weighted by Gasteiger charge is -2.20. The van der Waals surface area contributed by atoms with Crippen LogP contribution in [0, 0.1) is 0 Å². The lowest BCUT2D eigenvalue weighted by atomic mass is 10.2. The Labute approximate surface area is 135 Å². The van der Waals surface area contributed by atoms with E-state index >= 15 is 0 Å². The highest BCUT2D eigenvalue weighted by molar-refractivity contribution is 7.89. The summed E-state index contributed by atoms with van der Waals surface area (Å²) in [6.45, 7) is 2.47. The van der Waals surface area contributed by atoms with Crippen LogP contribution in [-0.4, -0.2) is 41.9 Å². The van der Waals surface area contributed by atoms with Gasteiger partial charge < -0.3 is 5.11 Å². The van der Waals surface area contributed by atoms with E-state index in [4.69, 9.17) is 5.11 Å². The van der Waals surface area contributed by atoms with Crippen LogP contribution in [0.25, 0.3) is 0 Å². The van der Waals surface area contributed by atoms with Crippen LogP contribution in [0.15, 0.2) is 53.7 Å². The molecule has 0 fully saturated rings. The summed E-state index contributed by atoms with van der Waals surface area (Å²) in [4.78, 5) is 14.9. The van der Waals surface area contributed by atoms with Gasteiger partial charge in [0.2, 0.25) is 10.0 Å². The van der Waals surface area contributed by atoms with Gasteiger partial charge in [0, 0.05) is 25.5 Å². The van der Waals surface area contributed by atoms with E-state index in [1.807, 2.05) is 12.1 Å². The number of carbonyl (C=O) groups is 1. The first-order valence-corrected chi connectivity index (χ1v) is 8.61. The van der Waals surface area contributed by atoms with Gasteiger partial charge in [-0.1, -0.05) is 6.92 Å². The molecule has 0 radical (unpaired) electrons. The van der Waals surface area contributed by atoms with Crippen molar-refractivity contribution in [3.8, 4) is 0 Å². The summed E-state index contributed by atoms with van der Waals surface area (Å²) in [5.74, 6) is -1.08. The summed E-state index contributed by atoms with van der Waals surface area (Å²) >= 11 is 0. The summed E-state index contributed by atoms with van der Waals surface area (Å²) in [6, 6.07) is 8.95. The Morgan fingerprint density at radius 3 is 2.26 bits per heavy atom. The van der Waals surface area contributed by atoms with Gasteiger partial charge in [-0.15, -0.1) is 0 Å². The van der Waals surface area contributed by atoms with Gasteiger partial charge in [0.1, 0.15) is 0 Å². The Balaban J connectivity index is 2.16. The van der Waals surface area contributed by atoms with Gasteiger partial charge in [-0.05, 0) is 48.4 Å².